The number of para-hydroxylation sites is 1. The van der Waals surface area contributed by atoms with Gasteiger partial charge in [-0.25, -0.2) is 0 Å². The molecule has 32 heavy (non-hydrogen) atoms. The number of carbonyl (C=O) groups excluding carboxylic acids is 1. The smallest absolute Gasteiger partial charge is 0.306 e. The number of anilines is 1. The molecule has 0 radical (unpaired) electrons. The van der Waals surface area contributed by atoms with E-state index in [1.807, 2.05) is 13.8 Å². The second kappa shape index (κ2) is 9.71. The topological polar surface area (TPSA) is 109 Å². The standard InChI is InChI=1S/C24H26N2O6/c1-14(2)13-26-18-9-8-15(12-25)10-17(18)22(32-20(24(26)29)11-21(27)28)16-6-5-7-19(30-3)23(16)31-4/h5-10,14,20,22H,11,13H2,1-4H3,(H,27,28). The van der Waals surface area contributed by atoms with Crippen molar-refractivity contribution in [2.24, 2.45) is 5.92 Å². The fraction of sp³-hybridized carbons (Fsp3) is 0.375. The molecule has 2 aromatic carbocycles. The van der Waals surface area contributed by atoms with Gasteiger partial charge in [0.05, 0.1) is 32.3 Å². The molecule has 0 aromatic heterocycles. The van der Waals surface area contributed by atoms with Gasteiger partial charge < -0.3 is 24.2 Å². The van der Waals surface area contributed by atoms with Crippen molar-refractivity contribution in [1.82, 2.24) is 0 Å². The lowest BCUT2D eigenvalue weighted by molar-refractivity contribution is -0.147. The van der Waals surface area contributed by atoms with Crippen molar-refractivity contribution in [3.63, 3.8) is 0 Å². The van der Waals surface area contributed by atoms with Crippen molar-refractivity contribution in [1.29, 1.82) is 5.26 Å². The molecular weight excluding hydrogens is 412 g/mol. The SMILES string of the molecule is COc1cccc(C2OC(CC(=O)O)C(=O)N(CC(C)C)c3ccc(C#N)cc32)c1OC. The van der Waals surface area contributed by atoms with Crippen molar-refractivity contribution in [3.05, 3.63) is 53.1 Å². The summed E-state index contributed by atoms with van der Waals surface area (Å²) in [5.41, 5.74) is 2.12. The zero-order chi connectivity index (χ0) is 23.4. The van der Waals surface area contributed by atoms with Gasteiger partial charge in [0.25, 0.3) is 5.91 Å². The molecule has 1 amide bonds. The predicted octanol–water partition coefficient (Wildman–Crippen LogP) is 3.53. The average molecular weight is 438 g/mol. The monoisotopic (exact) mass is 438 g/mol. The number of hydrogen-bond donors (Lipinski definition) is 1. The van der Waals surface area contributed by atoms with Crippen LogP contribution in [0.4, 0.5) is 5.69 Å². The minimum atomic E-state index is -1.22. The Morgan fingerprint density at radius 1 is 1.22 bits per heavy atom. The number of methoxy groups -OCH3 is 2. The fourth-order valence-electron chi connectivity index (χ4n) is 3.87. The van der Waals surface area contributed by atoms with Gasteiger partial charge in [0.1, 0.15) is 12.2 Å². The van der Waals surface area contributed by atoms with Gasteiger partial charge in [-0.1, -0.05) is 26.0 Å². The van der Waals surface area contributed by atoms with E-state index in [2.05, 4.69) is 6.07 Å². The first kappa shape index (κ1) is 23.1. The van der Waals surface area contributed by atoms with Crippen LogP contribution in [-0.2, 0) is 14.3 Å². The van der Waals surface area contributed by atoms with E-state index in [1.54, 1.807) is 41.3 Å². The summed E-state index contributed by atoms with van der Waals surface area (Å²) in [5, 5.41) is 18.9. The van der Waals surface area contributed by atoms with Crippen LogP contribution in [0.1, 0.15) is 43.1 Å². The summed E-state index contributed by atoms with van der Waals surface area (Å²) in [6, 6.07) is 12.4. The molecular formula is C24H26N2O6. The molecule has 3 rings (SSSR count). The van der Waals surface area contributed by atoms with Gasteiger partial charge in [-0.3, -0.25) is 9.59 Å². The van der Waals surface area contributed by atoms with Crippen LogP contribution in [0, 0.1) is 17.2 Å². The second-order valence-corrected chi connectivity index (χ2v) is 7.91. The normalized spacial score (nSPS) is 18.0. The summed E-state index contributed by atoms with van der Waals surface area (Å²) >= 11 is 0. The number of benzene rings is 2. The molecule has 0 spiro atoms. The molecule has 0 saturated carbocycles. The minimum Gasteiger partial charge on any atom is -0.493 e. The Hall–Kier alpha value is -3.57. The maximum Gasteiger partial charge on any atom is 0.306 e. The lowest BCUT2D eigenvalue weighted by atomic mass is 9.96. The van der Waals surface area contributed by atoms with E-state index in [0.717, 1.165) is 0 Å². The molecule has 2 atom stereocenters. The molecule has 1 aliphatic rings. The summed E-state index contributed by atoms with van der Waals surface area (Å²) in [7, 11) is 3.01. The first-order valence-electron chi connectivity index (χ1n) is 10.2. The third-order valence-corrected chi connectivity index (χ3v) is 5.20. The summed E-state index contributed by atoms with van der Waals surface area (Å²) in [6.07, 6.45) is -2.56. The first-order valence-corrected chi connectivity index (χ1v) is 10.2. The third kappa shape index (κ3) is 4.53. The highest BCUT2D eigenvalue weighted by Crippen LogP contribution is 2.44. The van der Waals surface area contributed by atoms with Crippen LogP contribution < -0.4 is 14.4 Å². The molecule has 0 fully saturated rings. The number of aliphatic carboxylic acids is 1. The highest BCUT2D eigenvalue weighted by molar-refractivity contribution is 5.99. The molecule has 168 valence electrons. The number of rotatable bonds is 7. The van der Waals surface area contributed by atoms with Gasteiger partial charge in [0.15, 0.2) is 11.5 Å². The third-order valence-electron chi connectivity index (χ3n) is 5.20. The highest BCUT2D eigenvalue weighted by atomic mass is 16.5. The fourth-order valence-corrected chi connectivity index (χ4v) is 3.87. The van der Waals surface area contributed by atoms with Crippen LogP contribution in [0.15, 0.2) is 36.4 Å². The lowest BCUT2D eigenvalue weighted by Gasteiger charge is -2.26. The lowest BCUT2D eigenvalue weighted by Crippen LogP contribution is -2.42. The Morgan fingerprint density at radius 3 is 2.56 bits per heavy atom. The van der Waals surface area contributed by atoms with E-state index >= 15 is 0 Å². The quantitative estimate of drug-likeness (QED) is 0.704. The maximum atomic E-state index is 13.4. The molecule has 1 aliphatic heterocycles. The number of carboxylic acids is 1. The molecule has 2 unspecified atom stereocenters. The first-order chi connectivity index (χ1) is 15.3. The number of carbonyl (C=O) groups is 2. The summed E-state index contributed by atoms with van der Waals surface area (Å²) in [4.78, 5) is 26.5. The Kier molecular flexibility index (Phi) is 7.01. The van der Waals surface area contributed by atoms with Crippen LogP contribution in [0.5, 0.6) is 11.5 Å². The van der Waals surface area contributed by atoms with Crippen LogP contribution >= 0.6 is 0 Å². The van der Waals surface area contributed by atoms with Crippen molar-refractivity contribution in [2.75, 3.05) is 25.7 Å². The van der Waals surface area contributed by atoms with E-state index in [-0.39, 0.29) is 5.92 Å². The van der Waals surface area contributed by atoms with E-state index in [1.165, 1.54) is 14.2 Å². The van der Waals surface area contributed by atoms with E-state index < -0.39 is 30.5 Å². The molecule has 1 N–H and O–H groups in total. The Labute approximate surface area is 186 Å². The number of ether oxygens (including phenoxy) is 3. The van der Waals surface area contributed by atoms with Crippen molar-refractivity contribution in [3.8, 4) is 17.6 Å². The Bertz CT molecular complexity index is 1060. The molecule has 8 nitrogen and oxygen atoms in total. The largest absolute Gasteiger partial charge is 0.493 e. The van der Waals surface area contributed by atoms with Crippen LogP contribution in [0.25, 0.3) is 0 Å². The maximum absolute atomic E-state index is 13.4. The van der Waals surface area contributed by atoms with E-state index in [0.29, 0.717) is 40.4 Å². The summed E-state index contributed by atoms with van der Waals surface area (Å²) in [5.74, 6) is -0.580. The molecule has 0 saturated heterocycles. The Morgan fingerprint density at radius 2 is 1.97 bits per heavy atom. The van der Waals surface area contributed by atoms with Gasteiger partial charge in [0, 0.05) is 23.4 Å². The number of nitrogens with zero attached hydrogens (tertiary/aromatic N) is 2. The number of fused-ring (bicyclic) bond motifs is 1. The number of nitriles is 1. The van der Waals surface area contributed by atoms with Gasteiger partial charge in [-0.05, 0) is 30.2 Å². The van der Waals surface area contributed by atoms with E-state index in [4.69, 9.17) is 14.2 Å². The molecule has 2 aromatic rings. The summed E-state index contributed by atoms with van der Waals surface area (Å²) in [6.45, 7) is 4.31. The Balaban J connectivity index is 2.29. The van der Waals surface area contributed by atoms with Crippen molar-refractivity contribution in [2.45, 2.75) is 32.5 Å². The average Bonchev–Trinajstić information content (AvgIpc) is 2.87. The van der Waals surface area contributed by atoms with Crippen molar-refractivity contribution >= 4 is 17.6 Å². The molecule has 1 heterocycles. The van der Waals surface area contributed by atoms with E-state index in [9.17, 15) is 20.0 Å². The molecule has 0 bridgehead atoms. The molecule has 8 heteroatoms. The predicted molar refractivity (Wildman–Crippen MR) is 117 cm³/mol. The van der Waals surface area contributed by atoms with Gasteiger partial charge >= 0.3 is 5.97 Å². The zero-order valence-electron chi connectivity index (χ0n) is 18.5. The van der Waals surface area contributed by atoms with Crippen LogP contribution in [-0.4, -0.2) is 43.9 Å². The second-order valence-electron chi connectivity index (χ2n) is 7.91. The van der Waals surface area contributed by atoms with Gasteiger partial charge in [-0.15, -0.1) is 0 Å². The number of carboxylic acid groups (broad SMARTS) is 1. The van der Waals surface area contributed by atoms with Crippen molar-refractivity contribution < 1.29 is 28.9 Å². The van der Waals surface area contributed by atoms with Gasteiger partial charge in [-0.2, -0.15) is 5.26 Å². The summed E-state index contributed by atoms with van der Waals surface area (Å²) < 4.78 is 17.2. The molecule has 0 aliphatic carbocycles. The number of amides is 1. The highest BCUT2D eigenvalue weighted by Gasteiger charge is 2.39. The number of hydrogen-bond acceptors (Lipinski definition) is 6. The van der Waals surface area contributed by atoms with Crippen LogP contribution in [0.3, 0.4) is 0 Å². The van der Waals surface area contributed by atoms with Gasteiger partial charge in [0.2, 0.25) is 0 Å². The minimum absolute atomic E-state index is 0.121. The van der Waals surface area contributed by atoms with Crippen LogP contribution in [0.2, 0.25) is 0 Å². The zero-order valence-corrected chi connectivity index (χ0v) is 18.5.